The molecule has 1 atom stereocenters. The van der Waals surface area contributed by atoms with E-state index in [-0.39, 0.29) is 0 Å². The van der Waals surface area contributed by atoms with Gasteiger partial charge in [0.25, 0.3) is 0 Å². The van der Waals surface area contributed by atoms with Crippen LogP contribution in [0.5, 0.6) is 0 Å². The summed E-state index contributed by atoms with van der Waals surface area (Å²) in [5, 5.41) is 7.29. The first-order chi connectivity index (χ1) is 7.33. The van der Waals surface area contributed by atoms with Crippen molar-refractivity contribution >= 4 is 11.3 Å². The van der Waals surface area contributed by atoms with Gasteiger partial charge in [0, 0.05) is 17.1 Å². The van der Waals surface area contributed by atoms with Crippen molar-refractivity contribution in [2.45, 2.75) is 51.1 Å². The lowest BCUT2D eigenvalue weighted by atomic mass is 9.92. The average molecular weight is 222 g/mol. The molecule has 1 N–H and O–H groups in total. The van der Waals surface area contributed by atoms with Gasteiger partial charge < -0.3 is 5.32 Å². The molecule has 1 aromatic heterocycles. The maximum absolute atomic E-state index is 4.64. The highest BCUT2D eigenvalue weighted by molar-refractivity contribution is 7.09. The van der Waals surface area contributed by atoms with Crippen LogP contribution < -0.4 is 5.32 Å². The Morgan fingerprint density at radius 1 is 1.40 bits per heavy atom. The van der Waals surface area contributed by atoms with Gasteiger partial charge in [-0.25, -0.2) is 4.98 Å². The van der Waals surface area contributed by atoms with Crippen LogP contribution in [0.25, 0.3) is 0 Å². The first kappa shape index (κ1) is 9.79. The van der Waals surface area contributed by atoms with Gasteiger partial charge in [0.1, 0.15) is 5.01 Å². The van der Waals surface area contributed by atoms with E-state index in [0.717, 1.165) is 12.0 Å². The summed E-state index contributed by atoms with van der Waals surface area (Å²) in [6.45, 7) is 2.09. The molecule has 1 heterocycles. The van der Waals surface area contributed by atoms with Crippen LogP contribution in [0.1, 0.15) is 48.8 Å². The number of thiazole rings is 1. The van der Waals surface area contributed by atoms with Gasteiger partial charge in [0.05, 0.1) is 6.04 Å². The second kappa shape index (κ2) is 3.87. The number of hydrogen-bond donors (Lipinski definition) is 1. The van der Waals surface area contributed by atoms with Crippen LogP contribution in [0.15, 0.2) is 5.38 Å². The van der Waals surface area contributed by atoms with Crippen molar-refractivity contribution in [2.24, 2.45) is 5.92 Å². The molecular weight excluding hydrogens is 204 g/mol. The van der Waals surface area contributed by atoms with Gasteiger partial charge in [0.2, 0.25) is 0 Å². The number of hydrogen-bond acceptors (Lipinski definition) is 3. The van der Waals surface area contributed by atoms with E-state index in [1.54, 1.807) is 0 Å². The zero-order valence-corrected chi connectivity index (χ0v) is 10.0. The largest absolute Gasteiger partial charge is 0.305 e. The topological polar surface area (TPSA) is 24.9 Å². The zero-order valence-electron chi connectivity index (χ0n) is 9.20. The van der Waals surface area contributed by atoms with E-state index in [0.29, 0.717) is 6.04 Å². The fourth-order valence-electron chi connectivity index (χ4n) is 2.18. The van der Waals surface area contributed by atoms with Gasteiger partial charge in [-0.15, -0.1) is 11.3 Å². The van der Waals surface area contributed by atoms with E-state index in [2.05, 4.69) is 22.6 Å². The van der Waals surface area contributed by atoms with E-state index in [4.69, 9.17) is 0 Å². The fourth-order valence-corrected chi connectivity index (χ4v) is 3.13. The van der Waals surface area contributed by atoms with E-state index in [9.17, 15) is 0 Å². The Kier molecular flexibility index (Phi) is 2.53. The van der Waals surface area contributed by atoms with Crippen LogP contribution in [0.4, 0.5) is 0 Å². The predicted octanol–water partition coefficient (Wildman–Crippen LogP) is 3.04. The predicted molar refractivity (Wildman–Crippen MR) is 63.1 cm³/mol. The van der Waals surface area contributed by atoms with Gasteiger partial charge in [-0.3, -0.25) is 0 Å². The third kappa shape index (κ3) is 2.08. The Morgan fingerprint density at radius 2 is 2.20 bits per heavy atom. The van der Waals surface area contributed by atoms with E-state index >= 15 is 0 Å². The van der Waals surface area contributed by atoms with E-state index in [1.807, 2.05) is 11.3 Å². The minimum Gasteiger partial charge on any atom is -0.305 e. The number of nitrogens with one attached hydrogen (secondary N) is 1. The Balaban J connectivity index is 1.71. The van der Waals surface area contributed by atoms with Crippen molar-refractivity contribution in [3.05, 3.63) is 16.1 Å². The summed E-state index contributed by atoms with van der Waals surface area (Å²) < 4.78 is 0. The first-order valence-corrected chi connectivity index (χ1v) is 6.89. The van der Waals surface area contributed by atoms with Crippen LogP contribution in [-0.4, -0.2) is 11.0 Å². The van der Waals surface area contributed by atoms with Gasteiger partial charge in [-0.2, -0.15) is 0 Å². The third-order valence-electron chi connectivity index (χ3n) is 3.52. The Labute approximate surface area is 95.1 Å². The minimum absolute atomic E-state index is 0.564. The lowest BCUT2D eigenvalue weighted by molar-refractivity contribution is 0.291. The summed E-state index contributed by atoms with van der Waals surface area (Å²) in [6.07, 6.45) is 6.93. The Morgan fingerprint density at radius 3 is 2.67 bits per heavy atom. The molecular formula is C12H18N2S. The van der Waals surface area contributed by atoms with Gasteiger partial charge >= 0.3 is 0 Å². The van der Waals surface area contributed by atoms with E-state index in [1.165, 1.54) is 42.8 Å². The molecule has 0 aliphatic heterocycles. The second-order valence-electron chi connectivity index (χ2n) is 4.94. The van der Waals surface area contributed by atoms with Gasteiger partial charge in [0.15, 0.2) is 0 Å². The van der Waals surface area contributed by atoms with Crippen LogP contribution in [0, 0.1) is 12.8 Å². The quantitative estimate of drug-likeness (QED) is 0.847. The lowest BCUT2D eigenvalue weighted by Crippen LogP contribution is -2.38. The summed E-state index contributed by atoms with van der Waals surface area (Å²) in [6, 6.07) is 1.34. The summed E-state index contributed by atoms with van der Waals surface area (Å²) in [7, 11) is 0. The number of nitrogens with zero attached hydrogens (tertiary/aromatic N) is 1. The van der Waals surface area contributed by atoms with E-state index < -0.39 is 0 Å². The van der Waals surface area contributed by atoms with Crippen LogP contribution in [0.2, 0.25) is 0 Å². The SMILES string of the molecule is Cc1csc(C(NC2CCC2)C2CC2)n1. The maximum Gasteiger partial charge on any atom is 0.110 e. The molecule has 0 aromatic carbocycles. The second-order valence-corrected chi connectivity index (χ2v) is 5.83. The molecule has 2 aliphatic carbocycles. The molecule has 0 amide bonds. The maximum atomic E-state index is 4.64. The summed E-state index contributed by atoms with van der Waals surface area (Å²) in [5.41, 5.74) is 1.18. The molecule has 2 nitrogen and oxygen atoms in total. The highest BCUT2D eigenvalue weighted by Gasteiger charge is 2.36. The van der Waals surface area contributed by atoms with Crippen molar-refractivity contribution in [2.75, 3.05) is 0 Å². The molecule has 0 saturated heterocycles. The lowest BCUT2D eigenvalue weighted by Gasteiger charge is -2.30. The number of aryl methyl sites for hydroxylation is 1. The first-order valence-electron chi connectivity index (χ1n) is 6.01. The molecule has 82 valence electrons. The van der Waals surface area contributed by atoms with Crippen molar-refractivity contribution in [3.63, 3.8) is 0 Å². The smallest absolute Gasteiger partial charge is 0.110 e. The monoisotopic (exact) mass is 222 g/mol. The summed E-state index contributed by atoms with van der Waals surface area (Å²) in [4.78, 5) is 4.64. The molecule has 0 bridgehead atoms. The Hall–Kier alpha value is -0.410. The Bertz CT molecular complexity index is 339. The molecule has 15 heavy (non-hydrogen) atoms. The normalized spacial score (nSPS) is 23.8. The van der Waals surface area contributed by atoms with Crippen LogP contribution in [0.3, 0.4) is 0 Å². The minimum atomic E-state index is 0.564. The van der Waals surface area contributed by atoms with Crippen molar-refractivity contribution in [3.8, 4) is 0 Å². The van der Waals surface area contributed by atoms with Crippen LogP contribution >= 0.6 is 11.3 Å². The third-order valence-corrected chi connectivity index (χ3v) is 4.56. The standard InChI is InChI=1S/C12H18N2S/c1-8-7-15-12(13-8)11(9-5-6-9)14-10-3-2-4-10/h7,9-11,14H,2-6H2,1H3. The number of aromatic nitrogens is 1. The zero-order chi connectivity index (χ0) is 10.3. The van der Waals surface area contributed by atoms with Crippen LogP contribution in [-0.2, 0) is 0 Å². The molecule has 1 unspecified atom stereocenters. The van der Waals surface area contributed by atoms with Crippen molar-refractivity contribution in [1.82, 2.24) is 10.3 Å². The van der Waals surface area contributed by atoms with Gasteiger partial charge in [-0.05, 0) is 38.5 Å². The molecule has 0 spiro atoms. The molecule has 1 aromatic rings. The average Bonchev–Trinajstić information content (AvgIpc) is 2.88. The summed E-state index contributed by atoms with van der Waals surface area (Å²) in [5.74, 6) is 0.871. The van der Waals surface area contributed by atoms with Crippen molar-refractivity contribution < 1.29 is 0 Å². The molecule has 2 aliphatic rings. The fraction of sp³-hybridized carbons (Fsp3) is 0.750. The number of rotatable bonds is 4. The molecule has 3 heteroatoms. The summed E-state index contributed by atoms with van der Waals surface area (Å²) >= 11 is 1.83. The molecule has 2 fully saturated rings. The molecule has 2 saturated carbocycles. The van der Waals surface area contributed by atoms with Crippen molar-refractivity contribution in [1.29, 1.82) is 0 Å². The molecule has 3 rings (SSSR count). The van der Waals surface area contributed by atoms with Gasteiger partial charge in [-0.1, -0.05) is 6.42 Å². The highest BCUT2D eigenvalue weighted by Crippen LogP contribution is 2.43. The molecule has 0 radical (unpaired) electrons. The highest BCUT2D eigenvalue weighted by atomic mass is 32.1.